The van der Waals surface area contributed by atoms with E-state index in [1.807, 2.05) is 7.05 Å². The zero-order valence-corrected chi connectivity index (χ0v) is 4.36. The van der Waals surface area contributed by atoms with Gasteiger partial charge >= 0.3 is 0 Å². The van der Waals surface area contributed by atoms with Crippen molar-refractivity contribution in [3.8, 4) is 0 Å². The van der Waals surface area contributed by atoms with E-state index >= 15 is 0 Å². The van der Waals surface area contributed by atoms with Crippen LogP contribution in [-0.2, 0) is 0 Å². The molecule has 0 aromatic rings. The Morgan fingerprint density at radius 2 is 2.29 bits per heavy atom. The minimum absolute atomic E-state index is 0.125. The molecule has 1 aliphatic rings. The summed E-state index contributed by atoms with van der Waals surface area (Å²) in [7, 11) is 1.84. The van der Waals surface area contributed by atoms with Crippen LogP contribution in [0.4, 0.5) is 0 Å². The Morgan fingerprint density at radius 1 is 1.71 bits per heavy atom. The molecule has 0 radical (unpaired) electrons. The van der Waals surface area contributed by atoms with Gasteiger partial charge in [0, 0.05) is 12.8 Å². The van der Waals surface area contributed by atoms with Crippen LogP contribution in [0.2, 0.25) is 0 Å². The summed E-state index contributed by atoms with van der Waals surface area (Å²) in [6.07, 6.45) is 2.07. The van der Waals surface area contributed by atoms with Crippen molar-refractivity contribution in [1.82, 2.24) is 5.32 Å². The highest BCUT2D eigenvalue weighted by Crippen LogP contribution is 2.35. The van der Waals surface area contributed by atoms with Gasteiger partial charge in [0.05, 0.1) is 0 Å². The van der Waals surface area contributed by atoms with Crippen molar-refractivity contribution in [1.29, 1.82) is 0 Å². The van der Waals surface area contributed by atoms with E-state index in [1.54, 1.807) is 0 Å². The fraction of sp³-hybridized carbons (Fsp3) is 0.800. The molecule has 1 N–H and O–H groups in total. The second kappa shape index (κ2) is 1.21. The molecule has 38 valence electrons. The lowest BCUT2D eigenvalue weighted by molar-refractivity contribution is 0.666. The van der Waals surface area contributed by atoms with Crippen molar-refractivity contribution >= 4 is 0 Å². The second-order valence-corrected chi connectivity index (χ2v) is 1.89. The first-order valence-electron chi connectivity index (χ1n) is 2.40. The molecule has 2 nitrogen and oxygen atoms in total. The maximum atomic E-state index is 6.63. The Hall–Kier alpha value is -0.550. The van der Waals surface area contributed by atoms with Gasteiger partial charge in [0.2, 0.25) is 0 Å². The lowest BCUT2D eigenvalue weighted by Crippen LogP contribution is -2.21. The van der Waals surface area contributed by atoms with Crippen molar-refractivity contribution in [3.63, 3.8) is 0 Å². The van der Waals surface area contributed by atoms with E-state index < -0.39 is 0 Å². The van der Waals surface area contributed by atoms with Crippen molar-refractivity contribution in [2.75, 3.05) is 7.05 Å². The summed E-state index contributed by atoms with van der Waals surface area (Å²) in [6.45, 7) is 6.63. The van der Waals surface area contributed by atoms with Crippen molar-refractivity contribution in [2.45, 2.75) is 18.5 Å². The highest BCUT2D eigenvalue weighted by Gasteiger charge is 2.49. The summed E-state index contributed by atoms with van der Waals surface area (Å²) < 4.78 is 0. The largest absolute Gasteiger partial charge is 0.293 e. The van der Waals surface area contributed by atoms with E-state index in [-0.39, 0.29) is 5.66 Å². The van der Waals surface area contributed by atoms with E-state index in [1.165, 1.54) is 0 Å². The van der Waals surface area contributed by atoms with Crippen LogP contribution in [0.1, 0.15) is 12.8 Å². The monoisotopic (exact) mass is 96.1 g/mol. The lowest BCUT2D eigenvalue weighted by atomic mass is 10.5. The average molecular weight is 96.1 g/mol. The highest BCUT2D eigenvalue weighted by molar-refractivity contribution is 5.07. The molecule has 0 amide bonds. The van der Waals surface area contributed by atoms with E-state index in [2.05, 4.69) is 10.2 Å². The van der Waals surface area contributed by atoms with Gasteiger partial charge in [-0.2, -0.15) is 0 Å². The van der Waals surface area contributed by atoms with Gasteiger partial charge in [-0.25, -0.2) is 11.9 Å². The predicted octanol–water partition coefficient (Wildman–Crippen LogP) is 0.615. The molecular formula is C5H8N2. The van der Waals surface area contributed by atoms with E-state index in [0.717, 1.165) is 12.8 Å². The van der Waals surface area contributed by atoms with Crippen LogP contribution in [0.5, 0.6) is 0 Å². The Balaban J connectivity index is 2.47. The SMILES string of the molecule is [C-]#[N+]C1(NC)CC1. The van der Waals surface area contributed by atoms with Crippen molar-refractivity contribution in [2.24, 2.45) is 0 Å². The van der Waals surface area contributed by atoms with Gasteiger partial charge in [-0.1, -0.05) is 0 Å². The Labute approximate surface area is 43.3 Å². The van der Waals surface area contributed by atoms with Gasteiger partial charge in [-0.15, -0.1) is 0 Å². The van der Waals surface area contributed by atoms with Gasteiger partial charge < -0.3 is 0 Å². The maximum absolute atomic E-state index is 6.63. The predicted molar refractivity (Wildman–Crippen MR) is 27.6 cm³/mol. The number of hydrogen-bond donors (Lipinski definition) is 1. The molecule has 0 bridgehead atoms. The Bertz CT molecular complexity index is 108. The molecule has 1 rings (SSSR count). The third-order valence-corrected chi connectivity index (χ3v) is 1.40. The summed E-state index contributed by atoms with van der Waals surface area (Å²) in [5, 5.41) is 2.95. The molecule has 1 aliphatic carbocycles. The number of nitrogens with one attached hydrogen (secondary N) is 1. The van der Waals surface area contributed by atoms with Crippen LogP contribution < -0.4 is 5.32 Å². The molecular weight excluding hydrogens is 88.1 g/mol. The minimum atomic E-state index is -0.125. The van der Waals surface area contributed by atoms with Crippen LogP contribution in [0.25, 0.3) is 4.85 Å². The molecule has 0 spiro atoms. The van der Waals surface area contributed by atoms with Crippen molar-refractivity contribution < 1.29 is 0 Å². The lowest BCUT2D eigenvalue weighted by Gasteiger charge is -1.93. The summed E-state index contributed by atoms with van der Waals surface area (Å²) in [6, 6.07) is 0. The summed E-state index contributed by atoms with van der Waals surface area (Å²) >= 11 is 0. The smallest absolute Gasteiger partial charge is 0.286 e. The molecule has 0 atom stereocenters. The molecule has 0 heterocycles. The second-order valence-electron chi connectivity index (χ2n) is 1.89. The standard InChI is InChI=1S/C5H8N2/c1-6-5(7-2)3-4-5/h6H,3-4H2,1H3. The van der Waals surface area contributed by atoms with E-state index in [4.69, 9.17) is 6.57 Å². The first kappa shape index (κ1) is 4.61. The average Bonchev–Trinajstić information content (AvgIpc) is 2.46. The van der Waals surface area contributed by atoms with Gasteiger partial charge in [0.15, 0.2) is 0 Å². The fourth-order valence-electron chi connectivity index (χ4n) is 0.536. The third kappa shape index (κ3) is 0.594. The van der Waals surface area contributed by atoms with Gasteiger partial charge in [0.25, 0.3) is 5.66 Å². The van der Waals surface area contributed by atoms with Crippen molar-refractivity contribution in [3.05, 3.63) is 11.4 Å². The first-order chi connectivity index (χ1) is 3.33. The zero-order valence-electron chi connectivity index (χ0n) is 4.36. The minimum Gasteiger partial charge on any atom is -0.293 e. The molecule has 0 aromatic heterocycles. The van der Waals surface area contributed by atoms with E-state index in [9.17, 15) is 0 Å². The Morgan fingerprint density at radius 3 is 2.29 bits per heavy atom. The van der Waals surface area contributed by atoms with Gasteiger partial charge in [0.1, 0.15) is 0 Å². The molecule has 2 heteroatoms. The van der Waals surface area contributed by atoms with Crippen LogP contribution in [0, 0.1) is 6.57 Å². The van der Waals surface area contributed by atoms with Crippen LogP contribution in [0.3, 0.4) is 0 Å². The quantitative estimate of drug-likeness (QED) is 0.473. The Kier molecular flexibility index (Phi) is 0.795. The molecule has 1 fully saturated rings. The molecule has 0 aliphatic heterocycles. The molecule has 0 aromatic carbocycles. The zero-order chi connectivity index (χ0) is 5.33. The maximum Gasteiger partial charge on any atom is 0.286 e. The van der Waals surface area contributed by atoms with E-state index in [0.29, 0.717) is 0 Å². The molecule has 7 heavy (non-hydrogen) atoms. The van der Waals surface area contributed by atoms with Gasteiger partial charge in [-0.3, -0.25) is 4.85 Å². The fourth-order valence-corrected chi connectivity index (χ4v) is 0.536. The number of hydrogen-bond acceptors (Lipinski definition) is 1. The normalized spacial score (nSPS) is 23.4. The van der Waals surface area contributed by atoms with Crippen LogP contribution in [-0.4, -0.2) is 12.7 Å². The topological polar surface area (TPSA) is 16.4 Å². The summed E-state index contributed by atoms with van der Waals surface area (Å²) in [5.41, 5.74) is -0.125. The third-order valence-electron chi connectivity index (χ3n) is 1.40. The molecule has 1 saturated carbocycles. The summed E-state index contributed by atoms with van der Waals surface area (Å²) in [5.74, 6) is 0. The molecule has 0 saturated heterocycles. The van der Waals surface area contributed by atoms with Gasteiger partial charge in [-0.05, 0) is 7.05 Å². The first-order valence-corrected chi connectivity index (χ1v) is 2.40. The number of rotatable bonds is 1. The number of nitrogens with zero attached hydrogens (tertiary/aromatic N) is 1. The van der Waals surface area contributed by atoms with Crippen LogP contribution in [0.15, 0.2) is 0 Å². The molecule has 0 unspecified atom stereocenters. The summed E-state index contributed by atoms with van der Waals surface area (Å²) in [4.78, 5) is 3.39. The highest BCUT2D eigenvalue weighted by atomic mass is 15.1. The van der Waals surface area contributed by atoms with Crippen LogP contribution >= 0.6 is 0 Å².